The van der Waals surface area contributed by atoms with Crippen molar-refractivity contribution in [1.29, 1.82) is 0 Å². The largest absolute Gasteiger partial charge is 0.493 e. The highest BCUT2D eigenvalue weighted by Crippen LogP contribution is 2.30. The summed E-state index contributed by atoms with van der Waals surface area (Å²) in [5.74, 6) is -0.268. The zero-order chi connectivity index (χ0) is 18.2. The van der Waals surface area contributed by atoms with Crippen molar-refractivity contribution in [2.75, 3.05) is 32.2 Å². The zero-order valence-corrected chi connectivity index (χ0v) is 14.4. The van der Waals surface area contributed by atoms with Gasteiger partial charge in [-0.3, -0.25) is 0 Å². The fourth-order valence-corrected chi connectivity index (χ4v) is 2.74. The van der Waals surface area contributed by atoms with E-state index >= 15 is 0 Å². The minimum absolute atomic E-state index is 0.244. The number of benzene rings is 1. The second kappa shape index (κ2) is 9.12. The highest BCUT2D eigenvalue weighted by atomic mass is 16.5. The van der Waals surface area contributed by atoms with E-state index < -0.39 is 18.0 Å². The number of carbonyl (C=O) groups excluding carboxylic acids is 1. The molecular formula is C17H24N2O6. The third-order valence-corrected chi connectivity index (χ3v) is 3.94. The molecule has 0 spiro atoms. The number of amides is 2. The number of hydrogen-bond donors (Lipinski definition) is 3. The van der Waals surface area contributed by atoms with E-state index in [0.717, 1.165) is 6.42 Å². The fraction of sp³-hybridized carbons (Fsp3) is 0.529. The number of urea groups is 1. The molecule has 8 nitrogen and oxygen atoms in total. The molecule has 138 valence electrons. The molecule has 0 bridgehead atoms. The maximum absolute atomic E-state index is 12.2. The van der Waals surface area contributed by atoms with Crippen LogP contribution in [0, 0.1) is 5.92 Å². The first-order valence-corrected chi connectivity index (χ1v) is 8.24. The molecule has 3 N–H and O–H groups in total. The number of nitrogens with one attached hydrogen (secondary N) is 2. The molecule has 8 heteroatoms. The van der Waals surface area contributed by atoms with Gasteiger partial charge < -0.3 is 30.0 Å². The standard InChI is InChI=1S/C17H24N2O6/c1-3-25-14-9-12(6-7-13(14)23-2)18-17(22)19-15(16(20)21)11-5-4-8-24-10-11/h6-7,9,11,15H,3-5,8,10H2,1-2H3,(H,20,21)(H2,18,19,22)/t11-,15-/m1/s1. The number of carboxylic acid groups (broad SMARTS) is 1. The van der Waals surface area contributed by atoms with Gasteiger partial charge in [0.05, 0.1) is 20.3 Å². The fourth-order valence-electron chi connectivity index (χ4n) is 2.74. The maximum atomic E-state index is 12.2. The van der Waals surface area contributed by atoms with Crippen LogP contribution in [0.25, 0.3) is 0 Å². The van der Waals surface area contributed by atoms with E-state index in [-0.39, 0.29) is 5.92 Å². The molecule has 0 unspecified atom stereocenters. The van der Waals surface area contributed by atoms with Gasteiger partial charge in [-0.2, -0.15) is 0 Å². The lowest BCUT2D eigenvalue weighted by Gasteiger charge is -2.28. The van der Waals surface area contributed by atoms with Gasteiger partial charge in [0.2, 0.25) is 0 Å². The minimum Gasteiger partial charge on any atom is -0.493 e. The summed E-state index contributed by atoms with van der Waals surface area (Å²) >= 11 is 0. The van der Waals surface area contributed by atoms with Crippen LogP contribution < -0.4 is 20.1 Å². The summed E-state index contributed by atoms with van der Waals surface area (Å²) in [4.78, 5) is 23.7. The summed E-state index contributed by atoms with van der Waals surface area (Å²) in [5.41, 5.74) is 0.478. The first-order chi connectivity index (χ1) is 12.0. The number of rotatable bonds is 7. The molecule has 1 aromatic carbocycles. The number of methoxy groups -OCH3 is 1. The van der Waals surface area contributed by atoms with Gasteiger partial charge in [-0.1, -0.05) is 0 Å². The first-order valence-electron chi connectivity index (χ1n) is 8.24. The molecule has 1 aliphatic heterocycles. The third kappa shape index (κ3) is 5.25. The predicted octanol–water partition coefficient (Wildman–Crippen LogP) is 2.10. The lowest BCUT2D eigenvalue weighted by atomic mass is 9.94. The molecule has 0 aromatic heterocycles. The van der Waals surface area contributed by atoms with Gasteiger partial charge in [-0.05, 0) is 31.9 Å². The van der Waals surface area contributed by atoms with Gasteiger partial charge in [-0.15, -0.1) is 0 Å². The van der Waals surface area contributed by atoms with Gasteiger partial charge in [-0.25, -0.2) is 9.59 Å². The van der Waals surface area contributed by atoms with Crippen molar-refractivity contribution in [1.82, 2.24) is 5.32 Å². The van der Waals surface area contributed by atoms with Crippen LogP contribution in [0.1, 0.15) is 19.8 Å². The third-order valence-electron chi connectivity index (χ3n) is 3.94. The van der Waals surface area contributed by atoms with E-state index in [1.165, 1.54) is 7.11 Å². The lowest BCUT2D eigenvalue weighted by molar-refractivity contribution is -0.142. The van der Waals surface area contributed by atoms with Crippen molar-refractivity contribution in [2.45, 2.75) is 25.8 Å². The summed E-state index contributed by atoms with van der Waals surface area (Å²) in [6.45, 7) is 3.25. The Bertz CT molecular complexity index is 601. The molecule has 1 aromatic rings. The Hall–Kier alpha value is -2.48. The molecule has 2 amide bonds. The smallest absolute Gasteiger partial charge is 0.326 e. The second-order valence-electron chi connectivity index (χ2n) is 5.69. The van der Waals surface area contributed by atoms with Crippen molar-refractivity contribution in [3.05, 3.63) is 18.2 Å². The van der Waals surface area contributed by atoms with Crippen LogP contribution in [0.4, 0.5) is 10.5 Å². The Kier molecular flexibility index (Phi) is 6.88. The van der Waals surface area contributed by atoms with Crippen molar-refractivity contribution < 1.29 is 28.9 Å². The van der Waals surface area contributed by atoms with Crippen LogP contribution in [0.5, 0.6) is 11.5 Å². The molecule has 0 aliphatic carbocycles. The van der Waals surface area contributed by atoms with Crippen LogP contribution in [0.3, 0.4) is 0 Å². The highest BCUT2D eigenvalue weighted by Gasteiger charge is 2.31. The van der Waals surface area contributed by atoms with Crippen molar-refractivity contribution in [2.24, 2.45) is 5.92 Å². The zero-order valence-electron chi connectivity index (χ0n) is 14.4. The van der Waals surface area contributed by atoms with E-state index in [1.807, 2.05) is 6.92 Å². The Morgan fingerprint density at radius 3 is 2.80 bits per heavy atom. The van der Waals surface area contributed by atoms with Crippen LogP contribution in [0.15, 0.2) is 18.2 Å². The van der Waals surface area contributed by atoms with Gasteiger partial charge in [0.15, 0.2) is 11.5 Å². The summed E-state index contributed by atoms with van der Waals surface area (Å²) in [5, 5.41) is 14.5. The highest BCUT2D eigenvalue weighted by molar-refractivity contribution is 5.92. The van der Waals surface area contributed by atoms with Gasteiger partial charge in [0.25, 0.3) is 0 Å². The topological polar surface area (TPSA) is 106 Å². The number of anilines is 1. The molecule has 2 rings (SSSR count). The van der Waals surface area contributed by atoms with E-state index in [0.29, 0.717) is 43.4 Å². The van der Waals surface area contributed by atoms with Crippen molar-refractivity contribution in [3.8, 4) is 11.5 Å². The van der Waals surface area contributed by atoms with E-state index in [9.17, 15) is 14.7 Å². The average molecular weight is 352 g/mol. The number of hydrogen-bond acceptors (Lipinski definition) is 5. The second-order valence-corrected chi connectivity index (χ2v) is 5.69. The molecule has 1 heterocycles. The van der Waals surface area contributed by atoms with Crippen LogP contribution in [0.2, 0.25) is 0 Å². The van der Waals surface area contributed by atoms with E-state index in [1.54, 1.807) is 18.2 Å². The molecular weight excluding hydrogens is 328 g/mol. The van der Waals surface area contributed by atoms with Crippen LogP contribution in [-0.2, 0) is 9.53 Å². The maximum Gasteiger partial charge on any atom is 0.326 e. The van der Waals surface area contributed by atoms with Crippen molar-refractivity contribution in [3.63, 3.8) is 0 Å². The number of aliphatic carboxylic acids is 1. The molecule has 0 radical (unpaired) electrons. The molecule has 1 saturated heterocycles. The Morgan fingerprint density at radius 2 is 2.20 bits per heavy atom. The summed E-state index contributed by atoms with van der Waals surface area (Å²) in [6.07, 6.45) is 1.49. The number of carboxylic acids is 1. The summed E-state index contributed by atoms with van der Waals surface area (Å²) < 4.78 is 16.0. The normalized spacial score (nSPS) is 18.1. The van der Waals surface area contributed by atoms with Crippen molar-refractivity contribution >= 4 is 17.7 Å². The SMILES string of the molecule is CCOc1cc(NC(=O)N[C@@H](C(=O)O)[C@@H]2CCCOC2)ccc1OC. The quantitative estimate of drug-likeness (QED) is 0.694. The Labute approximate surface area is 146 Å². The van der Waals surface area contributed by atoms with E-state index in [4.69, 9.17) is 14.2 Å². The molecule has 1 fully saturated rings. The van der Waals surface area contributed by atoms with Crippen LogP contribution in [-0.4, -0.2) is 50.1 Å². The van der Waals surface area contributed by atoms with E-state index in [2.05, 4.69) is 10.6 Å². The first kappa shape index (κ1) is 18.9. The molecule has 25 heavy (non-hydrogen) atoms. The minimum atomic E-state index is -1.07. The van der Waals surface area contributed by atoms with Gasteiger partial charge in [0, 0.05) is 24.3 Å². The molecule has 0 saturated carbocycles. The Morgan fingerprint density at radius 1 is 1.40 bits per heavy atom. The lowest BCUT2D eigenvalue weighted by Crippen LogP contribution is -2.49. The molecule has 1 aliphatic rings. The Balaban J connectivity index is 2.02. The van der Waals surface area contributed by atoms with Gasteiger partial charge in [0.1, 0.15) is 6.04 Å². The summed E-state index contributed by atoms with van der Waals surface area (Å²) in [6, 6.07) is 3.36. The number of carbonyl (C=O) groups is 2. The molecule has 2 atom stereocenters. The average Bonchev–Trinajstić information content (AvgIpc) is 2.61. The number of ether oxygens (including phenoxy) is 3. The van der Waals surface area contributed by atoms with Crippen LogP contribution >= 0.6 is 0 Å². The van der Waals surface area contributed by atoms with Gasteiger partial charge >= 0.3 is 12.0 Å². The monoisotopic (exact) mass is 352 g/mol. The summed E-state index contributed by atoms with van der Waals surface area (Å²) in [7, 11) is 1.53. The predicted molar refractivity (Wildman–Crippen MR) is 91.3 cm³/mol.